The number of nitrogens with zero attached hydrogens (tertiary/aromatic N) is 1. The number of methoxy groups -OCH3 is 1. The second-order valence-electron chi connectivity index (χ2n) is 6.06. The SMILES string of the molecule is COc1ccc(Cl)cc1S(=O)(=O)N1C[C@H](C(=O)O)[C@@H](C2CC2)C1. The molecule has 126 valence electrons. The molecular weight excluding hydrogens is 342 g/mol. The zero-order valence-electron chi connectivity index (χ0n) is 12.6. The summed E-state index contributed by atoms with van der Waals surface area (Å²) in [5, 5.41) is 9.68. The van der Waals surface area contributed by atoms with Gasteiger partial charge in [-0.25, -0.2) is 8.42 Å². The molecule has 8 heteroatoms. The van der Waals surface area contributed by atoms with Crippen LogP contribution in [0.2, 0.25) is 5.02 Å². The van der Waals surface area contributed by atoms with E-state index in [9.17, 15) is 18.3 Å². The molecule has 2 aliphatic rings. The Kier molecular flexibility index (Phi) is 4.29. The van der Waals surface area contributed by atoms with Gasteiger partial charge in [0.2, 0.25) is 10.0 Å². The molecule has 0 unspecified atom stereocenters. The first kappa shape index (κ1) is 16.5. The molecule has 1 heterocycles. The molecule has 1 aromatic rings. The molecule has 1 saturated heterocycles. The van der Waals surface area contributed by atoms with Gasteiger partial charge in [-0.05, 0) is 42.9 Å². The predicted molar refractivity (Wildman–Crippen MR) is 84.1 cm³/mol. The highest BCUT2D eigenvalue weighted by Gasteiger charge is 2.49. The minimum atomic E-state index is -3.85. The van der Waals surface area contributed by atoms with Crippen LogP contribution >= 0.6 is 11.6 Å². The third kappa shape index (κ3) is 3.05. The summed E-state index contributed by atoms with van der Waals surface area (Å²) in [6, 6.07) is 4.39. The van der Waals surface area contributed by atoms with Crippen LogP contribution in [0.3, 0.4) is 0 Å². The van der Waals surface area contributed by atoms with Gasteiger partial charge in [-0.15, -0.1) is 0 Å². The molecule has 6 nitrogen and oxygen atoms in total. The van der Waals surface area contributed by atoms with E-state index in [1.807, 2.05) is 0 Å². The third-order valence-corrected chi connectivity index (χ3v) is 6.71. The summed E-state index contributed by atoms with van der Waals surface area (Å²) in [4.78, 5) is 11.4. The summed E-state index contributed by atoms with van der Waals surface area (Å²) < 4.78 is 32.2. The highest BCUT2D eigenvalue weighted by atomic mass is 35.5. The minimum absolute atomic E-state index is 0.00546. The van der Waals surface area contributed by atoms with E-state index in [1.165, 1.54) is 23.5 Å². The number of rotatable bonds is 5. The molecule has 1 N–H and O–H groups in total. The van der Waals surface area contributed by atoms with Crippen LogP contribution < -0.4 is 4.74 Å². The zero-order valence-corrected chi connectivity index (χ0v) is 14.2. The van der Waals surface area contributed by atoms with Gasteiger partial charge in [0, 0.05) is 18.1 Å². The molecular formula is C15H18ClNO5S. The Bertz CT molecular complexity index is 731. The third-order valence-electron chi connectivity index (χ3n) is 4.62. The smallest absolute Gasteiger partial charge is 0.308 e. The lowest BCUT2D eigenvalue weighted by molar-refractivity contribution is -0.142. The first-order valence-electron chi connectivity index (χ1n) is 7.41. The van der Waals surface area contributed by atoms with Crippen molar-refractivity contribution in [3.05, 3.63) is 23.2 Å². The average molecular weight is 360 g/mol. The van der Waals surface area contributed by atoms with Gasteiger partial charge in [0.1, 0.15) is 10.6 Å². The van der Waals surface area contributed by atoms with Crippen molar-refractivity contribution in [2.75, 3.05) is 20.2 Å². The maximum atomic E-state index is 12.9. The molecule has 2 fully saturated rings. The number of hydrogen-bond acceptors (Lipinski definition) is 4. The number of aliphatic carboxylic acids is 1. The van der Waals surface area contributed by atoms with Gasteiger partial charge < -0.3 is 9.84 Å². The Morgan fingerprint density at radius 3 is 2.61 bits per heavy atom. The Labute approximate surface area is 140 Å². The van der Waals surface area contributed by atoms with Crippen molar-refractivity contribution >= 4 is 27.6 Å². The Balaban J connectivity index is 1.94. The normalized spacial score (nSPS) is 25.5. The standard InChI is InChI=1S/C15H18ClNO5S/c1-22-13-5-4-10(16)6-14(13)23(20,21)17-7-11(9-2-3-9)12(8-17)15(18)19/h4-6,9,11-12H,2-3,7-8H2,1H3,(H,18,19)/t11-,12+/m1/s1. The van der Waals surface area contributed by atoms with Crippen LogP contribution in [0.1, 0.15) is 12.8 Å². The van der Waals surface area contributed by atoms with E-state index in [1.54, 1.807) is 6.07 Å². The Morgan fingerprint density at radius 2 is 2.04 bits per heavy atom. The van der Waals surface area contributed by atoms with Crippen molar-refractivity contribution in [1.82, 2.24) is 4.31 Å². The van der Waals surface area contributed by atoms with Gasteiger partial charge in [-0.1, -0.05) is 11.6 Å². The summed E-state index contributed by atoms with van der Waals surface area (Å²) in [6.45, 7) is 0.230. The summed E-state index contributed by atoms with van der Waals surface area (Å²) in [5.41, 5.74) is 0. The number of sulfonamides is 1. The number of carboxylic acids is 1. The van der Waals surface area contributed by atoms with Crippen molar-refractivity contribution in [1.29, 1.82) is 0 Å². The molecule has 3 rings (SSSR count). The topological polar surface area (TPSA) is 83.9 Å². The van der Waals surface area contributed by atoms with E-state index in [2.05, 4.69) is 0 Å². The minimum Gasteiger partial charge on any atom is -0.495 e. The van der Waals surface area contributed by atoms with Crippen LogP contribution in [0.5, 0.6) is 5.75 Å². The van der Waals surface area contributed by atoms with Gasteiger partial charge >= 0.3 is 5.97 Å². The number of hydrogen-bond donors (Lipinski definition) is 1. The molecule has 0 spiro atoms. The number of benzene rings is 1. The molecule has 0 radical (unpaired) electrons. The molecule has 1 saturated carbocycles. The molecule has 0 bridgehead atoms. The van der Waals surface area contributed by atoms with Crippen LogP contribution in [0.15, 0.2) is 23.1 Å². The van der Waals surface area contributed by atoms with Gasteiger partial charge in [-0.3, -0.25) is 4.79 Å². The lowest BCUT2D eigenvalue weighted by Gasteiger charge is -2.18. The van der Waals surface area contributed by atoms with Crippen molar-refractivity contribution in [2.45, 2.75) is 17.7 Å². The maximum absolute atomic E-state index is 12.9. The van der Waals surface area contributed by atoms with Crippen molar-refractivity contribution < 1.29 is 23.1 Å². The Morgan fingerprint density at radius 1 is 1.35 bits per heavy atom. The molecule has 1 aromatic carbocycles. The van der Waals surface area contributed by atoms with E-state index >= 15 is 0 Å². The molecule has 23 heavy (non-hydrogen) atoms. The van der Waals surface area contributed by atoms with Crippen molar-refractivity contribution in [3.8, 4) is 5.75 Å². The van der Waals surface area contributed by atoms with Crippen LogP contribution in [-0.2, 0) is 14.8 Å². The van der Waals surface area contributed by atoms with Crippen molar-refractivity contribution in [3.63, 3.8) is 0 Å². The summed E-state index contributed by atoms with van der Waals surface area (Å²) in [6.07, 6.45) is 1.95. The predicted octanol–water partition coefficient (Wildman–Crippen LogP) is 2.08. The fraction of sp³-hybridized carbons (Fsp3) is 0.533. The van der Waals surface area contributed by atoms with Gasteiger partial charge in [0.15, 0.2) is 0 Å². The largest absolute Gasteiger partial charge is 0.495 e. The second-order valence-corrected chi connectivity index (χ2v) is 8.41. The zero-order chi connectivity index (χ0) is 16.8. The quantitative estimate of drug-likeness (QED) is 0.870. The van der Waals surface area contributed by atoms with Gasteiger partial charge in [0.05, 0.1) is 13.0 Å². The lowest BCUT2D eigenvalue weighted by atomic mass is 9.92. The maximum Gasteiger partial charge on any atom is 0.308 e. The van der Waals surface area contributed by atoms with Gasteiger partial charge in [0.25, 0.3) is 0 Å². The van der Waals surface area contributed by atoms with E-state index < -0.39 is 21.9 Å². The van der Waals surface area contributed by atoms with E-state index in [0.717, 1.165) is 12.8 Å². The second kappa shape index (κ2) is 5.96. The number of ether oxygens (including phenoxy) is 1. The molecule has 2 atom stereocenters. The Hall–Kier alpha value is -1.31. The van der Waals surface area contributed by atoms with Crippen LogP contribution in [0, 0.1) is 17.8 Å². The fourth-order valence-electron chi connectivity index (χ4n) is 3.24. The summed E-state index contributed by atoms with van der Waals surface area (Å²) in [5.74, 6) is -1.18. The van der Waals surface area contributed by atoms with Crippen molar-refractivity contribution in [2.24, 2.45) is 17.8 Å². The number of halogens is 1. The molecule has 1 aliphatic carbocycles. The monoisotopic (exact) mass is 359 g/mol. The average Bonchev–Trinajstić information content (AvgIpc) is 3.24. The van der Waals surface area contributed by atoms with E-state index in [0.29, 0.717) is 5.92 Å². The van der Waals surface area contributed by atoms with Gasteiger partial charge in [-0.2, -0.15) is 4.31 Å². The van der Waals surface area contributed by atoms with Crippen LogP contribution in [0.25, 0.3) is 0 Å². The lowest BCUT2D eigenvalue weighted by Crippen LogP contribution is -2.30. The van der Waals surface area contributed by atoms with Crippen LogP contribution in [0.4, 0.5) is 0 Å². The number of carbonyl (C=O) groups is 1. The highest BCUT2D eigenvalue weighted by Crippen LogP contribution is 2.45. The highest BCUT2D eigenvalue weighted by molar-refractivity contribution is 7.89. The fourth-order valence-corrected chi connectivity index (χ4v) is 5.16. The molecule has 0 aromatic heterocycles. The summed E-state index contributed by atoms with van der Waals surface area (Å²) >= 11 is 5.92. The van der Waals surface area contributed by atoms with E-state index in [-0.39, 0.29) is 34.7 Å². The molecule has 0 amide bonds. The number of carboxylic acid groups (broad SMARTS) is 1. The van der Waals surface area contributed by atoms with E-state index in [4.69, 9.17) is 16.3 Å². The first-order chi connectivity index (χ1) is 10.8. The van der Waals surface area contributed by atoms with Crippen LogP contribution in [-0.4, -0.2) is 44.0 Å². The first-order valence-corrected chi connectivity index (χ1v) is 9.23. The summed E-state index contributed by atoms with van der Waals surface area (Å²) in [7, 11) is -2.46. The molecule has 1 aliphatic heterocycles.